The fourth-order valence-corrected chi connectivity index (χ4v) is 4.17. The Morgan fingerprint density at radius 2 is 2.07 bits per heavy atom. The second-order valence-electron chi connectivity index (χ2n) is 7.72. The van der Waals surface area contributed by atoms with Crippen LogP contribution in [0, 0.1) is 5.92 Å². The smallest absolute Gasteiger partial charge is 0.317 e. The summed E-state index contributed by atoms with van der Waals surface area (Å²) < 4.78 is 11.5. The Hall–Kier alpha value is -2.08. The molecule has 0 atom stereocenters. The van der Waals surface area contributed by atoms with E-state index in [4.69, 9.17) is 9.15 Å². The highest BCUT2D eigenvalue weighted by atomic mass is 16.5. The first-order chi connectivity index (χ1) is 13.2. The zero-order chi connectivity index (χ0) is 18.6. The van der Waals surface area contributed by atoms with Gasteiger partial charge in [-0.1, -0.05) is 12.1 Å². The maximum absolute atomic E-state index is 12.4. The van der Waals surface area contributed by atoms with Gasteiger partial charge < -0.3 is 19.4 Å². The summed E-state index contributed by atoms with van der Waals surface area (Å²) in [5.41, 5.74) is 1.76. The van der Waals surface area contributed by atoms with Crippen molar-refractivity contribution in [3.8, 4) is 0 Å². The summed E-state index contributed by atoms with van der Waals surface area (Å²) in [4.78, 5) is 18.9. The standard InChI is InChI=1S/C21H29N3O3/c1-2-26-17-13-15(14-17)7-10-22-21(25)24-11-8-16(9-12-24)20-23-18-5-3-4-6-19(18)27-20/h3-6,15-17H,2,7-14H2,1H3,(H,22,25). The Labute approximate surface area is 160 Å². The van der Waals surface area contributed by atoms with E-state index in [0.717, 1.165) is 75.3 Å². The summed E-state index contributed by atoms with van der Waals surface area (Å²) in [6.07, 6.45) is 5.58. The summed E-state index contributed by atoms with van der Waals surface area (Å²) in [6.45, 7) is 5.11. The Morgan fingerprint density at radius 3 is 2.81 bits per heavy atom. The molecule has 1 aromatic carbocycles. The first kappa shape index (κ1) is 18.3. The highest BCUT2D eigenvalue weighted by Gasteiger charge is 2.30. The molecule has 2 heterocycles. The van der Waals surface area contributed by atoms with Gasteiger partial charge in [-0.2, -0.15) is 0 Å². The van der Waals surface area contributed by atoms with Crippen molar-refractivity contribution in [3.63, 3.8) is 0 Å². The van der Waals surface area contributed by atoms with Crippen molar-refractivity contribution >= 4 is 17.1 Å². The number of carbonyl (C=O) groups excluding carboxylic acids is 1. The minimum atomic E-state index is 0.0618. The first-order valence-corrected chi connectivity index (χ1v) is 10.2. The Bertz CT molecular complexity index is 728. The predicted molar refractivity (Wildman–Crippen MR) is 104 cm³/mol. The normalized spacial score (nSPS) is 23.4. The van der Waals surface area contributed by atoms with Gasteiger partial charge in [0.05, 0.1) is 6.10 Å². The molecule has 6 nitrogen and oxygen atoms in total. The number of amides is 2. The third-order valence-corrected chi connectivity index (χ3v) is 5.87. The number of piperidine rings is 1. The van der Waals surface area contributed by atoms with E-state index in [-0.39, 0.29) is 6.03 Å². The Kier molecular flexibility index (Phi) is 5.62. The summed E-state index contributed by atoms with van der Waals surface area (Å²) in [5.74, 6) is 1.81. The zero-order valence-corrected chi connectivity index (χ0v) is 16.0. The zero-order valence-electron chi connectivity index (χ0n) is 16.0. The van der Waals surface area contributed by atoms with Crippen LogP contribution in [-0.4, -0.2) is 48.3 Å². The molecule has 0 bridgehead atoms. The lowest BCUT2D eigenvalue weighted by atomic mass is 9.80. The topological polar surface area (TPSA) is 67.6 Å². The van der Waals surface area contributed by atoms with Crippen LogP contribution >= 0.6 is 0 Å². The molecule has 2 fully saturated rings. The minimum absolute atomic E-state index is 0.0618. The molecule has 146 valence electrons. The third kappa shape index (κ3) is 4.26. The van der Waals surface area contributed by atoms with Gasteiger partial charge in [0.1, 0.15) is 5.52 Å². The lowest BCUT2D eigenvalue weighted by Crippen LogP contribution is -2.45. The largest absolute Gasteiger partial charge is 0.440 e. The molecule has 2 amide bonds. The summed E-state index contributed by atoms with van der Waals surface area (Å²) in [6, 6.07) is 7.93. The van der Waals surface area contributed by atoms with Gasteiger partial charge in [-0.3, -0.25) is 0 Å². The molecule has 0 radical (unpaired) electrons. The summed E-state index contributed by atoms with van der Waals surface area (Å²) in [7, 11) is 0. The number of nitrogens with one attached hydrogen (secondary N) is 1. The number of rotatable bonds is 6. The average molecular weight is 371 g/mol. The number of likely N-dealkylation sites (tertiary alicyclic amines) is 1. The van der Waals surface area contributed by atoms with E-state index in [1.807, 2.05) is 36.1 Å². The number of urea groups is 1. The van der Waals surface area contributed by atoms with Crippen LogP contribution in [0.15, 0.2) is 28.7 Å². The lowest BCUT2D eigenvalue weighted by molar-refractivity contribution is -0.0261. The van der Waals surface area contributed by atoms with E-state index in [1.165, 1.54) is 0 Å². The summed E-state index contributed by atoms with van der Waals surface area (Å²) >= 11 is 0. The van der Waals surface area contributed by atoms with E-state index >= 15 is 0 Å². The number of nitrogens with zero attached hydrogens (tertiary/aromatic N) is 2. The molecule has 4 rings (SSSR count). The van der Waals surface area contributed by atoms with Crippen LogP contribution in [0.1, 0.15) is 50.8 Å². The van der Waals surface area contributed by atoms with E-state index in [0.29, 0.717) is 17.9 Å². The van der Waals surface area contributed by atoms with Gasteiger partial charge in [-0.05, 0) is 57.1 Å². The molecular formula is C21H29N3O3. The van der Waals surface area contributed by atoms with E-state index in [1.54, 1.807) is 0 Å². The molecule has 1 aliphatic heterocycles. The quantitative estimate of drug-likeness (QED) is 0.836. The minimum Gasteiger partial charge on any atom is -0.440 e. The lowest BCUT2D eigenvalue weighted by Gasteiger charge is -2.35. The van der Waals surface area contributed by atoms with Crippen LogP contribution in [0.25, 0.3) is 11.1 Å². The maximum atomic E-state index is 12.4. The molecule has 1 aromatic heterocycles. The number of hydrogen-bond donors (Lipinski definition) is 1. The SMILES string of the molecule is CCOC1CC(CCNC(=O)N2CCC(c3nc4ccccc4o3)CC2)C1. The fourth-order valence-electron chi connectivity index (χ4n) is 4.17. The molecule has 1 N–H and O–H groups in total. The molecular weight excluding hydrogens is 342 g/mol. The second-order valence-corrected chi connectivity index (χ2v) is 7.72. The van der Waals surface area contributed by atoms with Crippen molar-refractivity contribution in [1.29, 1.82) is 0 Å². The molecule has 1 saturated carbocycles. The van der Waals surface area contributed by atoms with Crippen molar-refractivity contribution < 1.29 is 13.9 Å². The van der Waals surface area contributed by atoms with Gasteiger partial charge in [-0.15, -0.1) is 0 Å². The van der Waals surface area contributed by atoms with Crippen LogP contribution in [0.2, 0.25) is 0 Å². The molecule has 6 heteroatoms. The number of para-hydroxylation sites is 2. The van der Waals surface area contributed by atoms with Gasteiger partial charge >= 0.3 is 6.03 Å². The molecule has 2 aliphatic rings. The van der Waals surface area contributed by atoms with Gasteiger partial charge in [0.25, 0.3) is 0 Å². The summed E-state index contributed by atoms with van der Waals surface area (Å²) in [5, 5.41) is 3.08. The average Bonchev–Trinajstić information content (AvgIpc) is 3.10. The number of hydrogen-bond acceptors (Lipinski definition) is 4. The van der Waals surface area contributed by atoms with Gasteiger partial charge in [0.15, 0.2) is 11.5 Å². The molecule has 2 aromatic rings. The number of ether oxygens (including phenoxy) is 1. The van der Waals surface area contributed by atoms with Crippen molar-refractivity contribution in [1.82, 2.24) is 15.2 Å². The highest BCUT2D eigenvalue weighted by molar-refractivity contribution is 5.74. The van der Waals surface area contributed by atoms with Gasteiger partial charge in [0, 0.05) is 32.2 Å². The highest BCUT2D eigenvalue weighted by Crippen LogP contribution is 2.32. The van der Waals surface area contributed by atoms with Crippen LogP contribution in [0.3, 0.4) is 0 Å². The van der Waals surface area contributed by atoms with Crippen molar-refractivity contribution in [3.05, 3.63) is 30.2 Å². The van der Waals surface area contributed by atoms with Crippen LogP contribution in [0.5, 0.6) is 0 Å². The monoisotopic (exact) mass is 371 g/mol. The Balaban J connectivity index is 1.18. The predicted octanol–water partition coefficient (Wildman–Crippen LogP) is 3.92. The molecule has 1 aliphatic carbocycles. The van der Waals surface area contributed by atoms with E-state index in [9.17, 15) is 4.79 Å². The second kappa shape index (κ2) is 8.30. The molecule has 0 spiro atoms. The van der Waals surface area contributed by atoms with E-state index < -0.39 is 0 Å². The van der Waals surface area contributed by atoms with Gasteiger partial charge in [-0.25, -0.2) is 9.78 Å². The molecule has 27 heavy (non-hydrogen) atoms. The molecule has 0 unspecified atom stereocenters. The third-order valence-electron chi connectivity index (χ3n) is 5.87. The number of aromatic nitrogens is 1. The molecule has 1 saturated heterocycles. The van der Waals surface area contributed by atoms with Crippen molar-refractivity contribution in [2.75, 3.05) is 26.2 Å². The van der Waals surface area contributed by atoms with Crippen LogP contribution in [0.4, 0.5) is 4.79 Å². The van der Waals surface area contributed by atoms with Crippen LogP contribution in [-0.2, 0) is 4.74 Å². The van der Waals surface area contributed by atoms with Crippen molar-refractivity contribution in [2.45, 2.75) is 51.0 Å². The van der Waals surface area contributed by atoms with Gasteiger partial charge in [0.2, 0.25) is 0 Å². The number of benzene rings is 1. The number of fused-ring (bicyclic) bond motifs is 1. The van der Waals surface area contributed by atoms with Crippen molar-refractivity contribution in [2.24, 2.45) is 5.92 Å². The number of carbonyl (C=O) groups is 1. The Morgan fingerprint density at radius 1 is 1.30 bits per heavy atom. The van der Waals surface area contributed by atoms with Crippen LogP contribution < -0.4 is 5.32 Å². The number of oxazole rings is 1. The van der Waals surface area contributed by atoms with E-state index in [2.05, 4.69) is 10.3 Å². The maximum Gasteiger partial charge on any atom is 0.317 e. The first-order valence-electron chi connectivity index (χ1n) is 10.2. The fraction of sp³-hybridized carbons (Fsp3) is 0.619.